The van der Waals surface area contributed by atoms with Crippen LogP contribution in [0.3, 0.4) is 0 Å². The van der Waals surface area contributed by atoms with Crippen molar-refractivity contribution >= 4 is 27.8 Å². The van der Waals surface area contributed by atoms with E-state index in [9.17, 15) is 9.59 Å². The summed E-state index contributed by atoms with van der Waals surface area (Å²) in [5.41, 5.74) is 0.649. The Labute approximate surface area is 71.7 Å². The molecule has 12 heavy (non-hydrogen) atoms. The first kappa shape index (κ1) is 7.24. The molecular weight excluding hydrogens is 174 g/mol. The predicted octanol–water partition coefficient (Wildman–Crippen LogP) is 1.40. The molecule has 2 rings (SSSR count). The molecule has 3 nitrogen and oxygen atoms in total. The highest BCUT2D eigenvalue weighted by Crippen LogP contribution is 2.16. The summed E-state index contributed by atoms with van der Waals surface area (Å²) in [4.78, 5) is 24.1. The minimum atomic E-state index is -0.323. The molecule has 2 aromatic heterocycles. The van der Waals surface area contributed by atoms with Crippen molar-refractivity contribution in [1.29, 1.82) is 0 Å². The Morgan fingerprint density at radius 3 is 3.08 bits per heavy atom. The highest BCUT2D eigenvalue weighted by atomic mass is 32.1. The van der Waals surface area contributed by atoms with E-state index < -0.39 is 0 Å². The first-order chi connectivity index (χ1) is 5.81. The van der Waals surface area contributed by atoms with Crippen LogP contribution in [-0.2, 0) is 0 Å². The number of carbonyl (C=O) groups excluding carboxylic acids is 1. The molecule has 0 amide bonds. The Hall–Kier alpha value is -1.42. The molecule has 0 aromatic carbocycles. The smallest absolute Gasteiger partial charge is 0.259 e. The summed E-state index contributed by atoms with van der Waals surface area (Å²) >= 11 is 1.50. The average molecular weight is 179 g/mol. The van der Waals surface area contributed by atoms with Crippen LogP contribution in [0.1, 0.15) is 10.4 Å². The first-order valence-electron chi connectivity index (χ1n) is 3.37. The lowest BCUT2D eigenvalue weighted by Crippen LogP contribution is -2.10. The first-order valence-corrected chi connectivity index (χ1v) is 4.25. The summed E-state index contributed by atoms with van der Waals surface area (Å²) in [6.07, 6.45) is 0.567. The van der Waals surface area contributed by atoms with Gasteiger partial charge in [0.15, 0.2) is 6.29 Å². The summed E-state index contributed by atoms with van der Waals surface area (Å²) in [6.45, 7) is 0. The number of thiophene rings is 1. The lowest BCUT2D eigenvalue weighted by molar-refractivity contribution is 0.112. The number of rotatable bonds is 1. The number of carbonyl (C=O) groups is 1. The van der Waals surface area contributed by atoms with Gasteiger partial charge in [-0.15, -0.1) is 11.3 Å². The van der Waals surface area contributed by atoms with E-state index in [4.69, 9.17) is 0 Å². The molecule has 0 aliphatic rings. The molecule has 0 saturated heterocycles. The van der Waals surface area contributed by atoms with Crippen molar-refractivity contribution in [3.05, 3.63) is 33.4 Å². The van der Waals surface area contributed by atoms with Crippen molar-refractivity contribution in [3.8, 4) is 0 Å². The van der Waals surface area contributed by atoms with Gasteiger partial charge in [-0.1, -0.05) is 0 Å². The number of fused-ring (bicyclic) bond motifs is 1. The molecule has 2 aromatic rings. The molecule has 0 fully saturated rings. The van der Waals surface area contributed by atoms with Crippen molar-refractivity contribution < 1.29 is 4.79 Å². The molecule has 0 unspecified atom stereocenters. The van der Waals surface area contributed by atoms with Gasteiger partial charge in [-0.3, -0.25) is 9.59 Å². The Kier molecular flexibility index (Phi) is 1.55. The molecular formula is C8H5NO2S. The van der Waals surface area contributed by atoms with Gasteiger partial charge in [0, 0.05) is 0 Å². The van der Waals surface area contributed by atoms with Crippen LogP contribution in [0.5, 0.6) is 0 Å². The van der Waals surface area contributed by atoms with Crippen LogP contribution in [0.25, 0.3) is 10.2 Å². The number of aldehydes is 1. The maximum atomic E-state index is 11.1. The van der Waals surface area contributed by atoms with E-state index >= 15 is 0 Å². The minimum absolute atomic E-state index is 0.185. The third-order valence-corrected chi connectivity index (χ3v) is 2.48. The standard InChI is InChI=1S/C8H5NO2S/c10-4-5-3-7-6(1-2-12-7)9-8(5)11/h1-4H,(H,9,11). The number of pyridine rings is 1. The Bertz CT molecular complexity index is 483. The van der Waals surface area contributed by atoms with Gasteiger partial charge in [-0.05, 0) is 17.5 Å². The summed E-state index contributed by atoms with van der Waals surface area (Å²) in [6, 6.07) is 3.42. The van der Waals surface area contributed by atoms with Crippen molar-refractivity contribution in [2.75, 3.05) is 0 Å². The number of hydrogen-bond donors (Lipinski definition) is 1. The molecule has 0 bridgehead atoms. The van der Waals surface area contributed by atoms with Crippen LogP contribution >= 0.6 is 11.3 Å². The lowest BCUT2D eigenvalue weighted by Gasteiger charge is -1.89. The summed E-state index contributed by atoms with van der Waals surface area (Å²) in [7, 11) is 0. The van der Waals surface area contributed by atoms with Crippen LogP contribution in [0.2, 0.25) is 0 Å². The average Bonchev–Trinajstić information content (AvgIpc) is 2.49. The van der Waals surface area contributed by atoms with E-state index in [-0.39, 0.29) is 11.1 Å². The molecule has 0 aliphatic heterocycles. The fourth-order valence-electron chi connectivity index (χ4n) is 1.02. The van der Waals surface area contributed by atoms with Crippen molar-refractivity contribution in [2.45, 2.75) is 0 Å². The van der Waals surface area contributed by atoms with Crippen LogP contribution in [0.4, 0.5) is 0 Å². The number of hydrogen-bond acceptors (Lipinski definition) is 3. The van der Waals surface area contributed by atoms with Gasteiger partial charge in [0.2, 0.25) is 0 Å². The highest BCUT2D eigenvalue weighted by Gasteiger charge is 2.01. The number of H-pyrrole nitrogens is 1. The third-order valence-electron chi connectivity index (χ3n) is 1.62. The second kappa shape index (κ2) is 2.57. The SMILES string of the molecule is O=Cc1cc2sccc2[nH]c1=O. The largest absolute Gasteiger partial charge is 0.321 e. The Balaban J connectivity index is 2.90. The van der Waals surface area contributed by atoms with E-state index in [0.29, 0.717) is 6.29 Å². The maximum Gasteiger partial charge on any atom is 0.259 e. The quantitative estimate of drug-likeness (QED) is 0.673. The fraction of sp³-hybridized carbons (Fsp3) is 0. The summed E-state index contributed by atoms with van der Waals surface area (Å²) in [5.74, 6) is 0. The second-order valence-electron chi connectivity index (χ2n) is 2.37. The van der Waals surface area contributed by atoms with Gasteiger partial charge in [0.05, 0.1) is 15.8 Å². The molecule has 60 valence electrons. The number of nitrogens with one attached hydrogen (secondary N) is 1. The maximum absolute atomic E-state index is 11.1. The monoisotopic (exact) mass is 179 g/mol. The van der Waals surface area contributed by atoms with Crippen molar-refractivity contribution in [2.24, 2.45) is 0 Å². The predicted molar refractivity (Wildman–Crippen MR) is 47.8 cm³/mol. The molecule has 0 atom stereocenters. The van der Waals surface area contributed by atoms with Gasteiger partial charge in [0.25, 0.3) is 5.56 Å². The Morgan fingerprint density at radius 1 is 1.50 bits per heavy atom. The normalized spacial score (nSPS) is 10.3. The van der Waals surface area contributed by atoms with Gasteiger partial charge in [-0.2, -0.15) is 0 Å². The van der Waals surface area contributed by atoms with Gasteiger partial charge < -0.3 is 4.98 Å². The zero-order valence-corrected chi connectivity index (χ0v) is 6.85. The molecule has 0 radical (unpaired) electrons. The van der Waals surface area contributed by atoms with Gasteiger partial charge in [-0.25, -0.2) is 0 Å². The van der Waals surface area contributed by atoms with E-state index in [1.165, 1.54) is 11.3 Å². The highest BCUT2D eigenvalue weighted by molar-refractivity contribution is 7.17. The van der Waals surface area contributed by atoms with Crippen molar-refractivity contribution in [3.63, 3.8) is 0 Å². The van der Waals surface area contributed by atoms with Crippen LogP contribution < -0.4 is 5.56 Å². The van der Waals surface area contributed by atoms with E-state index in [1.54, 1.807) is 6.07 Å². The minimum Gasteiger partial charge on any atom is -0.321 e. The zero-order chi connectivity index (χ0) is 8.55. The molecule has 0 aliphatic carbocycles. The fourth-order valence-corrected chi connectivity index (χ4v) is 1.82. The van der Waals surface area contributed by atoms with Gasteiger partial charge >= 0.3 is 0 Å². The second-order valence-corrected chi connectivity index (χ2v) is 3.32. The van der Waals surface area contributed by atoms with Crippen LogP contribution in [0.15, 0.2) is 22.3 Å². The van der Waals surface area contributed by atoms with E-state index in [1.807, 2.05) is 11.4 Å². The summed E-state index contributed by atoms with van der Waals surface area (Å²) in [5, 5.41) is 1.87. The number of aromatic amines is 1. The van der Waals surface area contributed by atoms with Gasteiger partial charge in [0.1, 0.15) is 0 Å². The molecule has 0 spiro atoms. The van der Waals surface area contributed by atoms with Crippen molar-refractivity contribution in [1.82, 2.24) is 4.98 Å². The summed E-state index contributed by atoms with van der Waals surface area (Å²) < 4.78 is 0.928. The third kappa shape index (κ3) is 0.967. The van der Waals surface area contributed by atoms with E-state index in [2.05, 4.69) is 4.98 Å². The molecule has 1 N–H and O–H groups in total. The van der Waals surface area contributed by atoms with Crippen LogP contribution in [0, 0.1) is 0 Å². The van der Waals surface area contributed by atoms with E-state index in [0.717, 1.165) is 10.2 Å². The topological polar surface area (TPSA) is 49.9 Å². The lowest BCUT2D eigenvalue weighted by atomic mass is 10.3. The Morgan fingerprint density at radius 2 is 2.33 bits per heavy atom. The van der Waals surface area contributed by atoms with Crippen LogP contribution in [-0.4, -0.2) is 11.3 Å². The zero-order valence-electron chi connectivity index (χ0n) is 6.03. The molecule has 2 heterocycles. The molecule has 4 heteroatoms. The molecule has 0 saturated carbocycles. The number of aromatic nitrogens is 1.